The highest BCUT2D eigenvalue weighted by molar-refractivity contribution is 5.95. The lowest BCUT2D eigenvalue weighted by Crippen LogP contribution is -2.59. The zero-order valence-corrected chi connectivity index (χ0v) is 21.8. The molecule has 0 fully saturated rings. The van der Waals surface area contributed by atoms with Crippen LogP contribution in [0.2, 0.25) is 0 Å². The summed E-state index contributed by atoms with van der Waals surface area (Å²) in [7, 11) is 0. The maximum absolute atomic E-state index is 13.5. The first-order chi connectivity index (χ1) is 18.6. The van der Waals surface area contributed by atoms with Crippen molar-refractivity contribution < 1.29 is 29.4 Å². The first-order valence-corrected chi connectivity index (χ1v) is 12.7. The number of carboxylic acid groups (broad SMARTS) is 1. The van der Waals surface area contributed by atoms with Crippen molar-refractivity contribution in [1.82, 2.24) is 30.9 Å². The molecule has 0 radical (unpaired) electrons. The molecule has 13 nitrogen and oxygen atoms in total. The van der Waals surface area contributed by atoms with Crippen molar-refractivity contribution in [3.63, 3.8) is 0 Å². The average molecular weight is 542 g/mol. The van der Waals surface area contributed by atoms with Gasteiger partial charge in [-0.15, -0.1) is 0 Å². The van der Waals surface area contributed by atoms with Crippen LogP contribution in [0.1, 0.15) is 31.5 Å². The van der Waals surface area contributed by atoms with Crippen molar-refractivity contribution in [2.24, 2.45) is 11.7 Å². The number of hydrogen-bond donors (Lipinski definition) is 8. The van der Waals surface area contributed by atoms with Gasteiger partial charge in [-0.2, -0.15) is 0 Å². The summed E-state index contributed by atoms with van der Waals surface area (Å²) >= 11 is 0. The first-order valence-electron chi connectivity index (χ1n) is 12.7. The number of carbonyl (C=O) groups is 4. The van der Waals surface area contributed by atoms with Gasteiger partial charge in [-0.25, -0.2) is 9.78 Å². The van der Waals surface area contributed by atoms with Crippen LogP contribution in [-0.2, 0) is 32.0 Å². The Labute approximate surface area is 225 Å². The van der Waals surface area contributed by atoms with E-state index in [9.17, 15) is 29.4 Å². The van der Waals surface area contributed by atoms with Crippen LogP contribution in [0, 0.1) is 5.92 Å². The molecule has 5 atom stereocenters. The van der Waals surface area contributed by atoms with Gasteiger partial charge in [0.25, 0.3) is 0 Å². The number of imidazole rings is 1. The number of nitrogens with zero attached hydrogens (tertiary/aromatic N) is 1. The molecule has 0 aliphatic carbocycles. The maximum Gasteiger partial charge on any atom is 0.326 e. The fraction of sp³-hybridized carbons (Fsp3) is 0.423. The van der Waals surface area contributed by atoms with Crippen LogP contribution < -0.4 is 21.7 Å². The number of aliphatic hydroxyl groups is 1. The smallest absolute Gasteiger partial charge is 0.326 e. The van der Waals surface area contributed by atoms with E-state index >= 15 is 0 Å². The highest BCUT2D eigenvalue weighted by Crippen LogP contribution is 2.19. The Hall–Kier alpha value is -4.23. The molecule has 0 saturated carbocycles. The Morgan fingerprint density at radius 3 is 2.31 bits per heavy atom. The third kappa shape index (κ3) is 7.65. The molecule has 0 bridgehead atoms. The summed E-state index contributed by atoms with van der Waals surface area (Å²) in [4.78, 5) is 61.1. The van der Waals surface area contributed by atoms with E-state index in [-0.39, 0.29) is 18.8 Å². The molecule has 1 aromatic carbocycles. The second-order valence-corrected chi connectivity index (χ2v) is 9.47. The molecular formula is C26H35N7O6. The van der Waals surface area contributed by atoms with Crippen LogP contribution in [0.5, 0.6) is 0 Å². The minimum absolute atomic E-state index is 0.00563. The molecule has 2 heterocycles. The average Bonchev–Trinajstić information content (AvgIpc) is 3.59. The number of carboxylic acids is 1. The predicted molar refractivity (Wildman–Crippen MR) is 142 cm³/mol. The van der Waals surface area contributed by atoms with Crippen molar-refractivity contribution in [1.29, 1.82) is 0 Å². The highest BCUT2D eigenvalue weighted by Gasteiger charge is 2.32. The third-order valence-electron chi connectivity index (χ3n) is 6.65. The van der Waals surface area contributed by atoms with Crippen LogP contribution in [0.15, 0.2) is 43.0 Å². The van der Waals surface area contributed by atoms with E-state index in [2.05, 4.69) is 30.9 Å². The zero-order chi connectivity index (χ0) is 28.5. The number of aromatic nitrogens is 3. The Balaban J connectivity index is 1.87. The summed E-state index contributed by atoms with van der Waals surface area (Å²) in [6.45, 7) is 2.90. The van der Waals surface area contributed by atoms with E-state index in [0.29, 0.717) is 12.1 Å². The molecule has 0 saturated heterocycles. The molecule has 210 valence electrons. The van der Waals surface area contributed by atoms with E-state index in [0.717, 1.165) is 16.5 Å². The van der Waals surface area contributed by atoms with Crippen LogP contribution in [0.4, 0.5) is 0 Å². The van der Waals surface area contributed by atoms with Crippen molar-refractivity contribution in [2.75, 3.05) is 6.61 Å². The molecule has 0 aliphatic rings. The SMILES string of the molecule is CCC(C)C(NC(=O)C(Cc1cnc[nH]1)NC(=O)C(Cc1c[nH]c2ccccc12)NC(=O)C(N)CO)C(=O)O. The number of amides is 3. The Bertz CT molecular complexity index is 1270. The number of hydrogen-bond acceptors (Lipinski definition) is 7. The molecule has 0 spiro atoms. The fourth-order valence-electron chi connectivity index (χ4n) is 4.13. The van der Waals surface area contributed by atoms with Crippen molar-refractivity contribution in [3.8, 4) is 0 Å². The number of nitrogens with one attached hydrogen (secondary N) is 5. The lowest BCUT2D eigenvalue weighted by molar-refractivity contribution is -0.143. The van der Waals surface area contributed by atoms with Gasteiger partial charge in [0.05, 0.1) is 12.9 Å². The third-order valence-corrected chi connectivity index (χ3v) is 6.65. The van der Waals surface area contributed by atoms with Crippen molar-refractivity contribution in [3.05, 3.63) is 54.2 Å². The lowest BCUT2D eigenvalue weighted by Gasteiger charge is -2.26. The summed E-state index contributed by atoms with van der Waals surface area (Å²) in [5.74, 6) is -3.67. The molecule has 0 aliphatic heterocycles. The van der Waals surface area contributed by atoms with Gasteiger partial charge in [0.15, 0.2) is 0 Å². The molecular weight excluding hydrogens is 506 g/mol. The number of H-pyrrole nitrogens is 2. The number of carbonyl (C=O) groups excluding carboxylic acids is 3. The molecule has 5 unspecified atom stereocenters. The van der Waals surface area contributed by atoms with E-state index in [1.54, 1.807) is 13.1 Å². The van der Waals surface area contributed by atoms with Crippen LogP contribution in [-0.4, -0.2) is 79.6 Å². The number of benzene rings is 1. The molecule has 3 amide bonds. The number of aliphatic hydroxyl groups excluding tert-OH is 1. The normalized spacial score (nSPS) is 15.1. The summed E-state index contributed by atoms with van der Waals surface area (Å²) in [5, 5.41) is 27.5. The molecule has 3 aromatic rings. The van der Waals surface area contributed by atoms with Crippen LogP contribution in [0.25, 0.3) is 10.9 Å². The minimum Gasteiger partial charge on any atom is -0.480 e. The second kappa shape index (κ2) is 13.5. The van der Waals surface area contributed by atoms with E-state index in [1.165, 1.54) is 12.5 Å². The number of nitrogens with two attached hydrogens (primary N) is 1. The molecule has 3 rings (SSSR count). The quantitative estimate of drug-likeness (QED) is 0.134. The zero-order valence-electron chi connectivity index (χ0n) is 21.8. The largest absolute Gasteiger partial charge is 0.480 e. The van der Waals surface area contributed by atoms with Crippen LogP contribution in [0.3, 0.4) is 0 Å². The second-order valence-electron chi connectivity index (χ2n) is 9.47. The van der Waals surface area contributed by atoms with Crippen LogP contribution >= 0.6 is 0 Å². The van der Waals surface area contributed by atoms with E-state index in [1.807, 2.05) is 31.2 Å². The maximum atomic E-state index is 13.5. The lowest BCUT2D eigenvalue weighted by atomic mass is 9.98. The van der Waals surface area contributed by atoms with Gasteiger partial charge in [-0.1, -0.05) is 38.5 Å². The highest BCUT2D eigenvalue weighted by atomic mass is 16.4. The van der Waals surface area contributed by atoms with Gasteiger partial charge < -0.3 is 41.9 Å². The summed E-state index contributed by atoms with van der Waals surface area (Å²) in [6, 6.07) is 2.69. The first kappa shape index (κ1) is 29.3. The molecule has 9 N–H and O–H groups in total. The topological polar surface area (TPSA) is 215 Å². The van der Waals surface area contributed by atoms with Crippen molar-refractivity contribution >= 4 is 34.6 Å². The summed E-state index contributed by atoms with van der Waals surface area (Å²) < 4.78 is 0. The number of rotatable bonds is 14. The number of fused-ring (bicyclic) bond motifs is 1. The molecule has 13 heteroatoms. The number of para-hydroxylation sites is 1. The van der Waals surface area contributed by atoms with Gasteiger partial charge in [-0.3, -0.25) is 14.4 Å². The predicted octanol–water partition coefficient (Wildman–Crippen LogP) is -0.419. The summed E-state index contributed by atoms with van der Waals surface area (Å²) in [6.07, 6.45) is 5.19. The van der Waals surface area contributed by atoms with E-state index in [4.69, 9.17) is 5.73 Å². The Morgan fingerprint density at radius 1 is 1.00 bits per heavy atom. The summed E-state index contributed by atoms with van der Waals surface area (Å²) in [5.41, 5.74) is 7.77. The standard InChI is InChI=1S/C26H35N7O6/c1-3-14(2)22(26(38)39)33-25(37)21(9-16-11-28-13-30-16)32-24(36)20(31-23(35)18(27)12-34)8-15-10-29-19-7-5-4-6-17(15)19/h4-7,10-11,13-14,18,20-22,29,34H,3,8-9,12,27H2,1-2H3,(H,28,30)(H,31,35)(H,32,36)(H,33,37)(H,38,39). The number of aromatic amines is 2. The van der Waals surface area contributed by atoms with Gasteiger partial charge in [-0.05, 0) is 17.5 Å². The Kier molecular flexibility index (Phi) is 10.2. The number of aliphatic carboxylic acids is 1. The minimum atomic E-state index is -1.25. The van der Waals surface area contributed by atoms with Crippen molar-refractivity contribution in [2.45, 2.75) is 57.3 Å². The van der Waals surface area contributed by atoms with Gasteiger partial charge in [0.2, 0.25) is 17.7 Å². The van der Waals surface area contributed by atoms with Gasteiger partial charge in [0.1, 0.15) is 24.2 Å². The fourth-order valence-corrected chi connectivity index (χ4v) is 4.13. The monoisotopic (exact) mass is 541 g/mol. The molecule has 2 aromatic heterocycles. The van der Waals surface area contributed by atoms with Gasteiger partial charge >= 0.3 is 5.97 Å². The molecule has 39 heavy (non-hydrogen) atoms. The Morgan fingerprint density at radius 2 is 1.67 bits per heavy atom. The van der Waals surface area contributed by atoms with Gasteiger partial charge in [0, 0.05) is 41.8 Å². The van der Waals surface area contributed by atoms with E-state index < -0.39 is 54.5 Å².